The molecule has 1 aliphatic heterocycles. The molecule has 2 N–H and O–H groups in total. The van der Waals surface area contributed by atoms with E-state index >= 15 is 0 Å². The van der Waals surface area contributed by atoms with Crippen LogP contribution in [0.4, 0.5) is 11.4 Å². The Morgan fingerprint density at radius 3 is 2.56 bits per heavy atom. The van der Waals surface area contributed by atoms with Crippen LogP contribution >= 0.6 is 11.6 Å². The van der Waals surface area contributed by atoms with Crippen LogP contribution in [0.2, 0.25) is 5.02 Å². The highest BCUT2D eigenvalue weighted by Gasteiger charge is 2.29. The van der Waals surface area contributed by atoms with Gasteiger partial charge in [-0.05, 0) is 25.0 Å². The van der Waals surface area contributed by atoms with Crippen LogP contribution in [-0.2, 0) is 0 Å². The van der Waals surface area contributed by atoms with E-state index in [1.54, 1.807) is 0 Å². The number of rotatable bonds is 2. The largest absolute Gasteiger partial charge is 0.383 e. The Morgan fingerprint density at radius 1 is 1.19 bits per heavy atom. The molecule has 88 valence electrons. The van der Waals surface area contributed by atoms with Crippen molar-refractivity contribution >= 4 is 23.0 Å². The van der Waals surface area contributed by atoms with Gasteiger partial charge in [-0.3, -0.25) is 0 Å². The molecule has 1 aromatic rings. The predicted octanol–water partition coefficient (Wildman–Crippen LogP) is 3.98. The van der Waals surface area contributed by atoms with Crippen LogP contribution in [0.25, 0.3) is 0 Å². The van der Waals surface area contributed by atoms with Crippen molar-refractivity contribution in [1.82, 2.24) is 0 Å². The summed E-state index contributed by atoms with van der Waals surface area (Å²) in [5.74, 6) is 0. The van der Waals surface area contributed by atoms with Crippen LogP contribution in [-0.4, -0.2) is 13.1 Å². The summed E-state index contributed by atoms with van der Waals surface area (Å²) in [7, 11) is 0. The van der Waals surface area contributed by atoms with Crippen molar-refractivity contribution in [3.05, 3.63) is 23.2 Å². The summed E-state index contributed by atoms with van der Waals surface area (Å²) in [4.78, 5) is 0. The molecule has 0 radical (unpaired) electrons. The molecule has 1 heterocycles. The van der Waals surface area contributed by atoms with E-state index in [2.05, 4.69) is 30.5 Å². The first-order valence-corrected chi connectivity index (χ1v) is 6.35. The molecule has 2 nitrogen and oxygen atoms in total. The summed E-state index contributed by atoms with van der Waals surface area (Å²) in [5, 5.41) is 7.80. The fourth-order valence-electron chi connectivity index (χ4n) is 2.22. The minimum Gasteiger partial charge on any atom is -0.383 e. The minimum absolute atomic E-state index is 0.336. The maximum absolute atomic E-state index is 6.19. The molecule has 3 heteroatoms. The lowest BCUT2D eigenvalue weighted by molar-refractivity contribution is 0.307. The molecule has 0 unspecified atom stereocenters. The van der Waals surface area contributed by atoms with Gasteiger partial charge in [0.2, 0.25) is 0 Å². The summed E-state index contributed by atoms with van der Waals surface area (Å²) >= 11 is 6.19. The van der Waals surface area contributed by atoms with Gasteiger partial charge in [0.15, 0.2) is 0 Å². The summed E-state index contributed by atoms with van der Waals surface area (Å²) in [6, 6.07) is 6.00. The Bertz CT molecular complexity index is 372. The highest BCUT2D eigenvalue weighted by Crippen LogP contribution is 2.37. The molecule has 0 fully saturated rings. The predicted molar refractivity (Wildman–Crippen MR) is 71.4 cm³/mol. The molecular formula is C13H19ClN2. The third kappa shape index (κ3) is 1.99. The number of para-hydroxylation sites is 1. The average molecular weight is 239 g/mol. The first-order valence-electron chi connectivity index (χ1n) is 5.97. The van der Waals surface area contributed by atoms with Gasteiger partial charge in [-0.1, -0.05) is 31.5 Å². The summed E-state index contributed by atoms with van der Waals surface area (Å²) in [5.41, 5.74) is 2.51. The van der Waals surface area contributed by atoms with Crippen LogP contribution < -0.4 is 10.6 Å². The highest BCUT2D eigenvalue weighted by atomic mass is 35.5. The van der Waals surface area contributed by atoms with E-state index in [1.807, 2.05) is 12.1 Å². The molecule has 0 atom stereocenters. The Balaban J connectivity index is 2.28. The SMILES string of the molecule is CCC1(CC)CNc2cccc(Cl)c2NC1. The van der Waals surface area contributed by atoms with E-state index in [9.17, 15) is 0 Å². The highest BCUT2D eigenvalue weighted by molar-refractivity contribution is 6.34. The van der Waals surface area contributed by atoms with Gasteiger partial charge in [-0.25, -0.2) is 0 Å². The van der Waals surface area contributed by atoms with Crippen molar-refractivity contribution in [2.75, 3.05) is 23.7 Å². The molecular weight excluding hydrogens is 220 g/mol. The smallest absolute Gasteiger partial charge is 0.0765 e. The molecule has 0 amide bonds. The Kier molecular flexibility index (Phi) is 3.29. The normalized spacial score (nSPS) is 17.9. The number of hydrogen-bond donors (Lipinski definition) is 2. The molecule has 0 bridgehead atoms. The van der Waals surface area contributed by atoms with Crippen LogP contribution in [0.15, 0.2) is 18.2 Å². The second kappa shape index (κ2) is 4.54. The minimum atomic E-state index is 0.336. The quantitative estimate of drug-likeness (QED) is 0.814. The van der Waals surface area contributed by atoms with Gasteiger partial charge in [0.25, 0.3) is 0 Å². The summed E-state index contributed by atoms with van der Waals surface area (Å²) < 4.78 is 0. The molecule has 16 heavy (non-hydrogen) atoms. The topological polar surface area (TPSA) is 24.1 Å². The van der Waals surface area contributed by atoms with Crippen LogP contribution in [0.5, 0.6) is 0 Å². The van der Waals surface area contributed by atoms with Crippen molar-refractivity contribution in [1.29, 1.82) is 0 Å². The zero-order valence-electron chi connectivity index (χ0n) is 9.94. The van der Waals surface area contributed by atoms with E-state index in [-0.39, 0.29) is 0 Å². The van der Waals surface area contributed by atoms with Crippen LogP contribution in [0, 0.1) is 5.41 Å². The van der Waals surface area contributed by atoms with Gasteiger partial charge < -0.3 is 10.6 Å². The molecule has 1 aliphatic rings. The van der Waals surface area contributed by atoms with E-state index < -0.39 is 0 Å². The third-order valence-corrected chi connectivity index (χ3v) is 4.12. The van der Waals surface area contributed by atoms with Gasteiger partial charge in [-0.2, -0.15) is 0 Å². The average Bonchev–Trinajstić information content (AvgIpc) is 2.50. The second-order valence-electron chi connectivity index (χ2n) is 4.58. The summed E-state index contributed by atoms with van der Waals surface area (Å²) in [6.45, 7) is 6.51. The van der Waals surface area contributed by atoms with Crippen molar-refractivity contribution in [3.63, 3.8) is 0 Å². The molecule has 0 aromatic heterocycles. The fraction of sp³-hybridized carbons (Fsp3) is 0.538. The van der Waals surface area contributed by atoms with Gasteiger partial charge in [-0.15, -0.1) is 0 Å². The first-order chi connectivity index (χ1) is 7.71. The zero-order valence-corrected chi connectivity index (χ0v) is 10.7. The zero-order chi connectivity index (χ0) is 11.6. The molecule has 0 saturated carbocycles. The molecule has 1 aromatic carbocycles. The van der Waals surface area contributed by atoms with Crippen molar-refractivity contribution in [2.45, 2.75) is 26.7 Å². The lowest BCUT2D eigenvalue weighted by Crippen LogP contribution is -2.33. The number of halogens is 1. The monoisotopic (exact) mass is 238 g/mol. The van der Waals surface area contributed by atoms with Crippen molar-refractivity contribution in [2.24, 2.45) is 5.41 Å². The van der Waals surface area contributed by atoms with E-state index in [1.165, 1.54) is 12.8 Å². The maximum atomic E-state index is 6.19. The Hall–Kier alpha value is -0.890. The number of fused-ring (bicyclic) bond motifs is 1. The van der Waals surface area contributed by atoms with Crippen LogP contribution in [0.3, 0.4) is 0 Å². The number of benzene rings is 1. The number of hydrogen-bond acceptors (Lipinski definition) is 2. The Morgan fingerprint density at radius 2 is 1.88 bits per heavy atom. The first kappa shape index (κ1) is 11.6. The van der Waals surface area contributed by atoms with Gasteiger partial charge in [0.1, 0.15) is 0 Å². The fourth-order valence-corrected chi connectivity index (χ4v) is 2.46. The van der Waals surface area contributed by atoms with Crippen molar-refractivity contribution < 1.29 is 0 Å². The van der Waals surface area contributed by atoms with Crippen LogP contribution in [0.1, 0.15) is 26.7 Å². The maximum Gasteiger partial charge on any atom is 0.0765 e. The summed E-state index contributed by atoms with van der Waals surface area (Å²) in [6.07, 6.45) is 2.35. The van der Waals surface area contributed by atoms with Gasteiger partial charge in [0, 0.05) is 18.5 Å². The second-order valence-corrected chi connectivity index (χ2v) is 4.98. The molecule has 0 saturated heterocycles. The van der Waals surface area contributed by atoms with Crippen molar-refractivity contribution in [3.8, 4) is 0 Å². The van der Waals surface area contributed by atoms with E-state index in [4.69, 9.17) is 11.6 Å². The lowest BCUT2D eigenvalue weighted by Gasteiger charge is -2.30. The van der Waals surface area contributed by atoms with Gasteiger partial charge >= 0.3 is 0 Å². The number of anilines is 2. The molecule has 0 spiro atoms. The number of nitrogens with one attached hydrogen (secondary N) is 2. The lowest BCUT2D eigenvalue weighted by atomic mass is 9.82. The standard InChI is InChI=1S/C13H19ClN2/c1-3-13(4-2)8-15-11-7-5-6-10(14)12(11)16-9-13/h5-7,15-16H,3-4,8-9H2,1-2H3. The van der Waals surface area contributed by atoms with E-state index in [0.29, 0.717) is 5.41 Å². The van der Waals surface area contributed by atoms with Gasteiger partial charge in [0.05, 0.1) is 16.4 Å². The third-order valence-electron chi connectivity index (χ3n) is 3.81. The molecule has 0 aliphatic carbocycles. The van der Waals surface area contributed by atoms with E-state index in [0.717, 1.165) is 29.5 Å². The molecule has 2 rings (SSSR count). The Labute approximate surface area is 102 Å².